The van der Waals surface area contributed by atoms with E-state index in [1.54, 1.807) is 12.1 Å². The molecule has 1 rings (SSSR count). The van der Waals surface area contributed by atoms with Gasteiger partial charge in [0.25, 0.3) is 0 Å². The van der Waals surface area contributed by atoms with Crippen LogP contribution in [-0.2, 0) is 0 Å². The number of hydrogen-bond donors (Lipinski definition) is 0. The largest absolute Gasteiger partial charge is 0.490 e. The SMILES string of the molecule is CC(C)[C@H](C)Oc1ccc(C=O)cc1. The number of carbonyl (C=O) groups is 1. The Labute approximate surface area is 84.9 Å². The first-order valence-electron chi connectivity index (χ1n) is 4.85. The molecule has 1 aromatic rings. The smallest absolute Gasteiger partial charge is 0.150 e. The summed E-state index contributed by atoms with van der Waals surface area (Å²) in [6, 6.07) is 7.16. The Morgan fingerprint density at radius 1 is 1.14 bits per heavy atom. The summed E-state index contributed by atoms with van der Waals surface area (Å²) in [6.45, 7) is 6.27. The molecule has 0 aromatic heterocycles. The number of ether oxygens (including phenoxy) is 1. The van der Waals surface area contributed by atoms with Gasteiger partial charge in [0.15, 0.2) is 0 Å². The first-order valence-corrected chi connectivity index (χ1v) is 4.85. The molecular weight excluding hydrogens is 176 g/mol. The van der Waals surface area contributed by atoms with Gasteiger partial charge in [0.1, 0.15) is 12.0 Å². The average molecular weight is 192 g/mol. The van der Waals surface area contributed by atoms with Crippen LogP contribution in [0.15, 0.2) is 24.3 Å². The molecular formula is C12H16O2. The number of benzene rings is 1. The van der Waals surface area contributed by atoms with Gasteiger partial charge in [-0.25, -0.2) is 0 Å². The monoisotopic (exact) mass is 192 g/mol. The lowest BCUT2D eigenvalue weighted by molar-refractivity contribution is 0.112. The molecule has 2 heteroatoms. The highest BCUT2D eigenvalue weighted by Crippen LogP contribution is 2.15. The van der Waals surface area contributed by atoms with E-state index in [9.17, 15) is 4.79 Å². The fourth-order valence-electron chi connectivity index (χ4n) is 0.976. The van der Waals surface area contributed by atoms with E-state index < -0.39 is 0 Å². The van der Waals surface area contributed by atoms with E-state index in [-0.39, 0.29) is 6.10 Å². The van der Waals surface area contributed by atoms with Crippen LogP contribution in [0.1, 0.15) is 31.1 Å². The minimum Gasteiger partial charge on any atom is -0.490 e. The summed E-state index contributed by atoms with van der Waals surface area (Å²) in [5.74, 6) is 1.30. The van der Waals surface area contributed by atoms with Crippen LogP contribution in [0.3, 0.4) is 0 Å². The quantitative estimate of drug-likeness (QED) is 0.685. The summed E-state index contributed by atoms with van der Waals surface area (Å²) < 4.78 is 5.66. The molecule has 0 N–H and O–H groups in total. The van der Waals surface area contributed by atoms with Crippen molar-refractivity contribution in [3.63, 3.8) is 0 Å². The maximum absolute atomic E-state index is 10.4. The lowest BCUT2D eigenvalue weighted by Crippen LogP contribution is -2.18. The molecule has 0 fully saturated rings. The minimum atomic E-state index is 0.192. The van der Waals surface area contributed by atoms with E-state index in [0.29, 0.717) is 11.5 Å². The molecule has 0 saturated heterocycles. The molecule has 0 aliphatic carbocycles. The average Bonchev–Trinajstić information content (AvgIpc) is 2.19. The Bertz CT molecular complexity index is 288. The van der Waals surface area contributed by atoms with Crippen molar-refractivity contribution < 1.29 is 9.53 Å². The third-order valence-electron chi connectivity index (χ3n) is 2.28. The molecule has 0 bridgehead atoms. The fourth-order valence-corrected chi connectivity index (χ4v) is 0.976. The van der Waals surface area contributed by atoms with Gasteiger partial charge < -0.3 is 4.74 Å². The summed E-state index contributed by atoms with van der Waals surface area (Å²) in [6.07, 6.45) is 1.02. The van der Waals surface area contributed by atoms with Crippen molar-refractivity contribution in [1.29, 1.82) is 0 Å². The Morgan fingerprint density at radius 2 is 1.71 bits per heavy atom. The molecule has 0 unspecified atom stereocenters. The summed E-state index contributed by atoms with van der Waals surface area (Å²) in [7, 11) is 0. The van der Waals surface area contributed by atoms with Crippen molar-refractivity contribution >= 4 is 6.29 Å². The maximum Gasteiger partial charge on any atom is 0.150 e. The number of rotatable bonds is 4. The molecule has 0 heterocycles. The molecule has 0 saturated carbocycles. The van der Waals surface area contributed by atoms with Crippen LogP contribution < -0.4 is 4.74 Å². The molecule has 2 nitrogen and oxygen atoms in total. The molecule has 0 spiro atoms. The van der Waals surface area contributed by atoms with Gasteiger partial charge in [-0.3, -0.25) is 4.79 Å². The highest BCUT2D eigenvalue weighted by molar-refractivity contribution is 5.74. The van der Waals surface area contributed by atoms with Gasteiger partial charge in [0.2, 0.25) is 0 Å². The number of carbonyl (C=O) groups excluding carboxylic acids is 1. The van der Waals surface area contributed by atoms with Crippen LogP contribution in [0, 0.1) is 5.92 Å². The highest BCUT2D eigenvalue weighted by atomic mass is 16.5. The number of aldehydes is 1. The van der Waals surface area contributed by atoms with Gasteiger partial charge in [-0.1, -0.05) is 13.8 Å². The molecule has 76 valence electrons. The van der Waals surface area contributed by atoms with Crippen LogP contribution in [0.5, 0.6) is 5.75 Å². The highest BCUT2D eigenvalue weighted by Gasteiger charge is 2.07. The fraction of sp³-hybridized carbons (Fsp3) is 0.417. The van der Waals surface area contributed by atoms with Crippen LogP contribution in [0.25, 0.3) is 0 Å². The zero-order valence-corrected chi connectivity index (χ0v) is 8.86. The van der Waals surface area contributed by atoms with Crippen molar-refractivity contribution in [1.82, 2.24) is 0 Å². The molecule has 0 aliphatic rings. The van der Waals surface area contributed by atoms with Crippen LogP contribution >= 0.6 is 0 Å². The van der Waals surface area contributed by atoms with E-state index in [2.05, 4.69) is 13.8 Å². The van der Waals surface area contributed by atoms with Gasteiger partial charge in [-0.05, 0) is 37.1 Å². The van der Waals surface area contributed by atoms with E-state index in [0.717, 1.165) is 12.0 Å². The van der Waals surface area contributed by atoms with Crippen molar-refractivity contribution in [3.8, 4) is 5.75 Å². The minimum absolute atomic E-state index is 0.192. The zero-order chi connectivity index (χ0) is 10.6. The van der Waals surface area contributed by atoms with Crippen molar-refractivity contribution in [2.24, 2.45) is 5.92 Å². The van der Waals surface area contributed by atoms with E-state index in [4.69, 9.17) is 4.74 Å². The predicted molar refractivity (Wildman–Crippen MR) is 56.8 cm³/mol. The van der Waals surface area contributed by atoms with E-state index in [1.165, 1.54) is 0 Å². The van der Waals surface area contributed by atoms with Crippen LogP contribution in [0.2, 0.25) is 0 Å². The zero-order valence-electron chi connectivity index (χ0n) is 8.86. The third-order valence-corrected chi connectivity index (χ3v) is 2.28. The summed E-state index contributed by atoms with van der Waals surface area (Å²) in [5.41, 5.74) is 0.676. The lowest BCUT2D eigenvalue weighted by atomic mass is 10.1. The maximum atomic E-state index is 10.4. The van der Waals surface area contributed by atoms with Gasteiger partial charge in [-0.15, -0.1) is 0 Å². The van der Waals surface area contributed by atoms with Gasteiger partial charge in [0.05, 0.1) is 6.10 Å². The molecule has 1 aromatic carbocycles. The lowest BCUT2D eigenvalue weighted by Gasteiger charge is -2.17. The van der Waals surface area contributed by atoms with Crippen molar-refractivity contribution in [2.75, 3.05) is 0 Å². The molecule has 0 aliphatic heterocycles. The van der Waals surface area contributed by atoms with Crippen molar-refractivity contribution in [3.05, 3.63) is 29.8 Å². The van der Waals surface area contributed by atoms with E-state index >= 15 is 0 Å². The van der Waals surface area contributed by atoms with Crippen LogP contribution in [0.4, 0.5) is 0 Å². The topological polar surface area (TPSA) is 26.3 Å². The second-order valence-electron chi connectivity index (χ2n) is 3.75. The Balaban J connectivity index is 2.64. The first kappa shape index (κ1) is 10.8. The Kier molecular flexibility index (Phi) is 3.69. The molecule has 14 heavy (non-hydrogen) atoms. The normalized spacial score (nSPS) is 12.6. The Morgan fingerprint density at radius 3 is 2.14 bits per heavy atom. The summed E-state index contributed by atoms with van der Waals surface area (Å²) in [4.78, 5) is 10.4. The van der Waals surface area contributed by atoms with Gasteiger partial charge >= 0.3 is 0 Å². The van der Waals surface area contributed by atoms with Gasteiger partial charge in [-0.2, -0.15) is 0 Å². The second kappa shape index (κ2) is 4.80. The third kappa shape index (κ3) is 2.87. The molecule has 0 amide bonds. The molecule has 0 radical (unpaired) electrons. The summed E-state index contributed by atoms with van der Waals surface area (Å²) in [5, 5.41) is 0. The Hall–Kier alpha value is -1.31. The van der Waals surface area contributed by atoms with Crippen molar-refractivity contribution in [2.45, 2.75) is 26.9 Å². The standard InChI is InChI=1S/C12H16O2/c1-9(2)10(3)14-12-6-4-11(8-13)5-7-12/h4-10H,1-3H3/t10-/m0/s1. The predicted octanol–water partition coefficient (Wildman–Crippen LogP) is 2.92. The number of hydrogen-bond acceptors (Lipinski definition) is 2. The van der Waals surface area contributed by atoms with E-state index in [1.807, 2.05) is 19.1 Å². The second-order valence-corrected chi connectivity index (χ2v) is 3.75. The first-order chi connectivity index (χ1) is 6.63. The summed E-state index contributed by atoms with van der Waals surface area (Å²) >= 11 is 0. The molecule has 1 atom stereocenters. The van der Waals surface area contributed by atoms with Gasteiger partial charge in [0, 0.05) is 5.56 Å². The van der Waals surface area contributed by atoms with Crippen LogP contribution in [-0.4, -0.2) is 12.4 Å².